The molecule has 2 aromatic heterocycles. The van der Waals surface area contributed by atoms with Gasteiger partial charge in [-0.15, -0.1) is 0 Å². The second-order valence-electron chi connectivity index (χ2n) is 4.02. The first-order chi connectivity index (χ1) is 9.22. The van der Waals surface area contributed by atoms with Gasteiger partial charge >= 0.3 is 0 Å². The molecule has 3 rings (SSSR count). The van der Waals surface area contributed by atoms with Crippen LogP contribution >= 0.6 is 27.5 Å². The van der Waals surface area contributed by atoms with E-state index in [1.165, 1.54) is 0 Å². The van der Waals surface area contributed by atoms with E-state index in [9.17, 15) is 0 Å². The summed E-state index contributed by atoms with van der Waals surface area (Å²) in [4.78, 5) is 4.30. The minimum Gasteiger partial charge on any atom is -0.236 e. The van der Waals surface area contributed by atoms with Crippen LogP contribution in [0.5, 0.6) is 0 Å². The van der Waals surface area contributed by atoms with Crippen LogP contribution in [-0.4, -0.2) is 14.8 Å². The maximum Gasteiger partial charge on any atom is 0.153 e. The summed E-state index contributed by atoms with van der Waals surface area (Å²) >= 11 is 9.24. The topological polar surface area (TPSA) is 30.7 Å². The summed E-state index contributed by atoms with van der Waals surface area (Å²) in [6, 6.07) is 11.5. The zero-order chi connectivity index (χ0) is 13.2. The average molecular weight is 335 g/mol. The molecule has 3 aromatic rings. The van der Waals surface area contributed by atoms with Crippen molar-refractivity contribution < 1.29 is 0 Å². The summed E-state index contributed by atoms with van der Waals surface area (Å²) in [7, 11) is 0. The van der Waals surface area contributed by atoms with Crippen LogP contribution in [0.2, 0.25) is 5.02 Å². The smallest absolute Gasteiger partial charge is 0.153 e. The van der Waals surface area contributed by atoms with Gasteiger partial charge in [-0.05, 0) is 45.8 Å². The van der Waals surface area contributed by atoms with Crippen molar-refractivity contribution in [3.63, 3.8) is 0 Å². The van der Waals surface area contributed by atoms with Crippen molar-refractivity contribution in [3.8, 4) is 16.9 Å². The van der Waals surface area contributed by atoms with Crippen LogP contribution in [0.1, 0.15) is 0 Å². The van der Waals surface area contributed by atoms with Gasteiger partial charge in [-0.25, -0.2) is 9.67 Å². The Kier molecular flexibility index (Phi) is 3.36. The number of halogens is 2. The van der Waals surface area contributed by atoms with E-state index >= 15 is 0 Å². The first-order valence-corrected chi connectivity index (χ1v) is 6.82. The van der Waals surface area contributed by atoms with Gasteiger partial charge in [-0.3, -0.25) is 0 Å². The summed E-state index contributed by atoms with van der Waals surface area (Å²) in [5.41, 5.74) is 2.11. The predicted octanol–water partition coefficient (Wildman–Crippen LogP) is 4.35. The van der Waals surface area contributed by atoms with Gasteiger partial charge in [0.1, 0.15) is 0 Å². The molecule has 3 nitrogen and oxygen atoms in total. The van der Waals surface area contributed by atoms with E-state index in [0.717, 1.165) is 26.4 Å². The Bertz CT molecular complexity index is 629. The minimum absolute atomic E-state index is 0.728. The maximum absolute atomic E-state index is 5.88. The molecule has 0 aliphatic carbocycles. The highest BCUT2D eigenvalue weighted by Crippen LogP contribution is 2.21. The van der Waals surface area contributed by atoms with Crippen LogP contribution in [0.3, 0.4) is 0 Å². The van der Waals surface area contributed by atoms with Crippen molar-refractivity contribution >= 4 is 27.5 Å². The molecule has 0 aliphatic heterocycles. The summed E-state index contributed by atoms with van der Waals surface area (Å²) in [6.45, 7) is 0. The van der Waals surface area contributed by atoms with Gasteiger partial charge in [0.05, 0.1) is 6.20 Å². The fourth-order valence-electron chi connectivity index (χ4n) is 1.74. The molecule has 19 heavy (non-hydrogen) atoms. The molecule has 0 saturated heterocycles. The van der Waals surface area contributed by atoms with E-state index < -0.39 is 0 Å². The third-order valence-electron chi connectivity index (χ3n) is 2.71. The lowest BCUT2D eigenvalue weighted by molar-refractivity contribution is 0.846. The summed E-state index contributed by atoms with van der Waals surface area (Å²) < 4.78 is 2.69. The van der Waals surface area contributed by atoms with Gasteiger partial charge < -0.3 is 0 Å². The van der Waals surface area contributed by atoms with E-state index in [1.54, 1.807) is 10.9 Å². The molecule has 1 aromatic carbocycles. The third kappa shape index (κ3) is 2.69. The molecule has 0 saturated carbocycles. The lowest BCUT2D eigenvalue weighted by atomic mass is 10.1. The second kappa shape index (κ2) is 5.15. The first kappa shape index (κ1) is 12.4. The maximum atomic E-state index is 5.88. The van der Waals surface area contributed by atoms with Crippen LogP contribution < -0.4 is 0 Å². The number of nitrogens with zero attached hydrogens (tertiary/aromatic N) is 3. The van der Waals surface area contributed by atoms with Gasteiger partial charge in [0, 0.05) is 27.5 Å². The number of aromatic nitrogens is 3. The van der Waals surface area contributed by atoms with Crippen molar-refractivity contribution in [2.24, 2.45) is 0 Å². The van der Waals surface area contributed by atoms with Gasteiger partial charge in [0.2, 0.25) is 0 Å². The standard InChI is InChI=1S/C14H9BrClN3/c15-12-3-6-14(17-8-12)19-9-11(7-18-19)10-1-4-13(16)5-2-10/h1-9H. The average Bonchev–Trinajstić information content (AvgIpc) is 2.90. The van der Waals surface area contributed by atoms with Gasteiger partial charge in [0.25, 0.3) is 0 Å². The SMILES string of the molecule is Clc1ccc(-c2cnn(-c3ccc(Br)cn3)c2)cc1. The molecule has 0 bridgehead atoms. The number of benzene rings is 1. The minimum atomic E-state index is 0.728. The summed E-state index contributed by atoms with van der Waals surface area (Å²) in [5, 5.41) is 5.05. The molecule has 0 amide bonds. The number of pyridine rings is 1. The summed E-state index contributed by atoms with van der Waals surface area (Å²) in [5.74, 6) is 0.781. The van der Waals surface area contributed by atoms with E-state index in [4.69, 9.17) is 11.6 Å². The van der Waals surface area contributed by atoms with Crippen LogP contribution in [0, 0.1) is 0 Å². The van der Waals surface area contributed by atoms with Crippen molar-refractivity contribution in [3.05, 3.63) is 64.5 Å². The molecule has 0 fully saturated rings. The van der Waals surface area contributed by atoms with Crippen molar-refractivity contribution in [2.75, 3.05) is 0 Å². The molecule has 0 atom stereocenters. The van der Waals surface area contributed by atoms with Gasteiger partial charge in [-0.1, -0.05) is 23.7 Å². The molecule has 0 radical (unpaired) electrons. The highest BCUT2D eigenvalue weighted by Gasteiger charge is 2.04. The van der Waals surface area contributed by atoms with Gasteiger partial charge in [-0.2, -0.15) is 5.10 Å². The van der Waals surface area contributed by atoms with Crippen LogP contribution in [0.25, 0.3) is 16.9 Å². The lowest BCUT2D eigenvalue weighted by Gasteiger charge is -1.99. The molecule has 94 valence electrons. The molecule has 0 spiro atoms. The molecular weight excluding hydrogens is 326 g/mol. The Morgan fingerprint density at radius 2 is 1.74 bits per heavy atom. The Morgan fingerprint density at radius 3 is 2.42 bits per heavy atom. The molecule has 0 N–H and O–H groups in total. The van der Waals surface area contributed by atoms with E-state index in [-0.39, 0.29) is 0 Å². The Labute approximate surface area is 124 Å². The van der Waals surface area contributed by atoms with Crippen molar-refractivity contribution in [1.29, 1.82) is 0 Å². The molecular formula is C14H9BrClN3. The normalized spacial score (nSPS) is 10.6. The highest BCUT2D eigenvalue weighted by atomic mass is 79.9. The summed E-state index contributed by atoms with van der Waals surface area (Å²) in [6.07, 6.45) is 5.51. The Hall–Kier alpha value is -1.65. The fraction of sp³-hybridized carbons (Fsp3) is 0. The van der Waals surface area contributed by atoms with Crippen molar-refractivity contribution in [2.45, 2.75) is 0 Å². The molecule has 5 heteroatoms. The number of rotatable bonds is 2. The van der Waals surface area contributed by atoms with Gasteiger partial charge in [0.15, 0.2) is 5.82 Å². The van der Waals surface area contributed by atoms with Crippen LogP contribution in [-0.2, 0) is 0 Å². The van der Waals surface area contributed by atoms with Crippen molar-refractivity contribution in [1.82, 2.24) is 14.8 Å². The lowest BCUT2D eigenvalue weighted by Crippen LogP contribution is -1.96. The van der Waals surface area contributed by atoms with E-state index in [1.807, 2.05) is 48.8 Å². The predicted molar refractivity (Wildman–Crippen MR) is 79.5 cm³/mol. The highest BCUT2D eigenvalue weighted by molar-refractivity contribution is 9.10. The van der Waals surface area contributed by atoms with Crippen LogP contribution in [0.4, 0.5) is 0 Å². The second-order valence-corrected chi connectivity index (χ2v) is 5.37. The Morgan fingerprint density at radius 1 is 0.947 bits per heavy atom. The first-order valence-electron chi connectivity index (χ1n) is 5.65. The quantitative estimate of drug-likeness (QED) is 0.697. The Balaban J connectivity index is 1.95. The zero-order valence-electron chi connectivity index (χ0n) is 9.79. The third-order valence-corrected chi connectivity index (χ3v) is 3.43. The largest absolute Gasteiger partial charge is 0.236 e. The van der Waals surface area contributed by atoms with Crippen LogP contribution in [0.15, 0.2) is 59.5 Å². The van der Waals surface area contributed by atoms with E-state index in [0.29, 0.717) is 0 Å². The molecule has 0 aliphatic rings. The van der Waals surface area contributed by atoms with E-state index in [2.05, 4.69) is 26.0 Å². The molecule has 2 heterocycles. The molecule has 0 unspecified atom stereocenters. The number of hydrogen-bond donors (Lipinski definition) is 0. The number of hydrogen-bond acceptors (Lipinski definition) is 2. The zero-order valence-corrected chi connectivity index (χ0v) is 12.1. The monoisotopic (exact) mass is 333 g/mol. The fourth-order valence-corrected chi connectivity index (χ4v) is 2.10.